The largest absolute Gasteiger partial charge is 0.399 e. The zero-order valence-corrected chi connectivity index (χ0v) is 11.4. The maximum absolute atomic E-state index is 13.9. The fraction of sp³-hybridized carbons (Fsp3) is 0.308. The van der Waals surface area contributed by atoms with Crippen LogP contribution in [0.4, 0.5) is 10.1 Å². The zero-order chi connectivity index (χ0) is 13.7. The van der Waals surface area contributed by atoms with Crippen LogP contribution in [0.3, 0.4) is 0 Å². The first-order valence-corrected chi connectivity index (χ1v) is 7.31. The third kappa shape index (κ3) is 1.70. The first kappa shape index (κ1) is 11.8. The minimum absolute atomic E-state index is 0.361. The second-order valence-electron chi connectivity index (χ2n) is 5.03. The summed E-state index contributed by atoms with van der Waals surface area (Å²) in [5.41, 5.74) is 6.43. The number of rotatable bonds is 2. The minimum Gasteiger partial charge on any atom is -0.399 e. The number of halogens is 1. The lowest BCUT2D eigenvalue weighted by atomic mass is 9.85. The fourth-order valence-corrected chi connectivity index (χ4v) is 3.24. The SMILES string of the molecule is Nc1ccc(-c2nn3c(C4CCC4)nnc3s2)c(F)c1. The van der Waals surface area contributed by atoms with Crippen molar-refractivity contribution in [3.63, 3.8) is 0 Å². The van der Waals surface area contributed by atoms with Gasteiger partial charge in [0.05, 0.1) is 0 Å². The lowest BCUT2D eigenvalue weighted by Crippen LogP contribution is -2.13. The van der Waals surface area contributed by atoms with Crippen LogP contribution < -0.4 is 5.73 Å². The van der Waals surface area contributed by atoms with Crippen LogP contribution in [-0.2, 0) is 0 Å². The number of anilines is 1. The molecule has 1 saturated carbocycles. The Morgan fingerprint density at radius 2 is 2.15 bits per heavy atom. The summed E-state index contributed by atoms with van der Waals surface area (Å²) in [5, 5.41) is 13.4. The average Bonchev–Trinajstić information content (AvgIpc) is 2.89. The first-order valence-electron chi connectivity index (χ1n) is 6.50. The van der Waals surface area contributed by atoms with E-state index >= 15 is 0 Å². The molecular formula is C13H12FN5S. The van der Waals surface area contributed by atoms with E-state index in [0.717, 1.165) is 18.7 Å². The number of nitrogens with two attached hydrogens (primary N) is 1. The van der Waals surface area contributed by atoms with Gasteiger partial charge in [0.1, 0.15) is 5.82 Å². The molecular weight excluding hydrogens is 277 g/mol. The lowest BCUT2D eigenvalue weighted by molar-refractivity contribution is 0.395. The highest BCUT2D eigenvalue weighted by Gasteiger charge is 2.26. The van der Waals surface area contributed by atoms with Crippen molar-refractivity contribution < 1.29 is 4.39 Å². The second-order valence-corrected chi connectivity index (χ2v) is 5.98. The quantitative estimate of drug-likeness (QED) is 0.736. The smallest absolute Gasteiger partial charge is 0.234 e. The summed E-state index contributed by atoms with van der Waals surface area (Å²) >= 11 is 1.34. The van der Waals surface area contributed by atoms with Gasteiger partial charge in [-0.25, -0.2) is 4.39 Å². The van der Waals surface area contributed by atoms with Crippen LogP contribution >= 0.6 is 11.3 Å². The van der Waals surface area contributed by atoms with E-state index in [1.807, 2.05) is 0 Å². The molecule has 1 aliphatic carbocycles. The topological polar surface area (TPSA) is 69.1 Å². The van der Waals surface area contributed by atoms with Crippen molar-refractivity contribution in [1.82, 2.24) is 19.8 Å². The zero-order valence-electron chi connectivity index (χ0n) is 10.6. The molecule has 0 bridgehead atoms. The van der Waals surface area contributed by atoms with Crippen molar-refractivity contribution in [3.8, 4) is 10.6 Å². The van der Waals surface area contributed by atoms with E-state index in [1.165, 1.54) is 23.8 Å². The van der Waals surface area contributed by atoms with Crippen LogP contribution in [0.15, 0.2) is 18.2 Å². The first-order chi connectivity index (χ1) is 9.72. The maximum Gasteiger partial charge on any atom is 0.234 e. The van der Waals surface area contributed by atoms with E-state index in [-0.39, 0.29) is 5.82 Å². The van der Waals surface area contributed by atoms with Crippen LogP contribution in [0.2, 0.25) is 0 Å². The molecule has 1 aliphatic rings. The minimum atomic E-state index is -0.361. The normalized spacial score (nSPS) is 15.7. The van der Waals surface area contributed by atoms with Gasteiger partial charge in [0, 0.05) is 17.2 Å². The number of hydrogen-bond acceptors (Lipinski definition) is 5. The van der Waals surface area contributed by atoms with E-state index in [2.05, 4.69) is 15.3 Å². The highest BCUT2D eigenvalue weighted by atomic mass is 32.1. The lowest BCUT2D eigenvalue weighted by Gasteiger charge is -2.22. The van der Waals surface area contributed by atoms with Gasteiger partial charge in [-0.3, -0.25) is 0 Å². The van der Waals surface area contributed by atoms with Crippen molar-refractivity contribution in [1.29, 1.82) is 0 Å². The monoisotopic (exact) mass is 289 g/mol. The summed E-state index contributed by atoms with van der Waals surface area (Å²) in [6, 6.07) is 4.64. The molecule has 7 heteroatoms. The van der Waals surface area contributed by atoms with Gasteiger partial charge in [-0.2, -0.15) is 9.61 Å². The highest BCUT2D eigenvalue weighted by Crippen LogP contribution is 2.37. The molecule has 0 aliphatic heterocycles. The Hall–Kier alpha value is -2.02. The van der Waals surface area contributed by atoms with Gasteiger partial charge in [-0.05, 0) is 31.0 Å². The Balaban J connectivity index is 1.82. The molecule has 5 nitrogen and oxygen atoms in total. The Morgan fingerprint density at radius 1 is 1.30 bits per heavy atom. The van der Waals surface area contributed by atoms with Crippen molar-refractivity contribution >= 4 is 22.0 Å². The van der Waals surface area contributed by atoms with Crippen molar-refractivity contribution in [2.24, 2.45) is 0 Å². The molecule has 0 amide bonds. The summed E-state index contributed by atoms with van der Waals surface area (Å²) < 4.78 is 15.7. The summed E-state index contributed by atoms with van der Waals surface area (Å²) in [4.78, 5) is 0.707. The molecule has 1 fully saturated rings. The predicted molar refractivity (Wildman–Crippen MR) is 75.1 cm³/mol. The number of fused-ring (bicyclic) bond motifs is 1. The van der Waals surface area contributed by atoms with Gasteiger partial charge >= 0.3 is 0 Å². The molecule has 3 aromatic rings. The van der Waals surface area contributed by atoms with E-state index in [1.54, 1.807) is 16.6 Å². The van der Waals surface area contributed by atoms with E-state index in [0.29, 0.717) is 27.1 Å². The molecule has 1 aromatic carbocycles. The maximum atomic E-state index is 13.9. The van der Waals surface area contributed by atoms with Crippen molar-refractivity contribution in [2.45, 2.75) is 25.2 Å². The van der Waals surface area contributed by atoms with E-state index < -0.39 is 0 Å². The van der Waals surface area contributed by atoms with Gasteiger partial charge in [0.15, 0.2) is 10.8 Å². The number of hydrogen-bond donors (Lipinski definition) is 1. The molecule has 2 heterocycles. The van der Waals surface area contributed by atoms with Gasteiger partial charge in [0.2, 0.25) is 4.96 Å². The highest BCUT2D eigenvalue weighted by molar-refractivity contribution is 7.19. The summed E-state index contributed by atoms with van der Waals surface area (Å²) in [5.74, 6) is 0.973. The van der Waals surface area contributed by atoms with Crippen molar-refractivity contribution in [3.05, 3.63) is 29.8 Å². The Labute approximate surface area is 118 Å². The average molecular weight is 289 g/mol. The van der Waals surface area contributed by atoms with Crippen molar-refractivity contribution in [2.75, 3.05) is 5.73 Å². The van der Waals surface area contributed by atoms with Crippen LogP contribution in [0.5, 0.6) is 0 Å². The number of nitrogens with zero attached hydrogens (tertiary/aromatic N) is 4. The molecule has 0 saturated heterocycles. The second kappa shape index (κ2) is 4.24. The number of aromatic nitrogens is 4. The third-order valence-corrected chi connectivity index (χ3v) is 4.64. The van der Waals surface area contributed by atoms with Gasteiger partial charge < -0.3 is 5.73 Å². The molecule has 0 unspecified atom stereocenters. The number of benzene rings is 1. The molecule has 4 rings (SSSR count). The predicted octanol–water partition coefficient (Wildman–Crippen LogP) is 2.84. The molecule has 2 aromatic heterocycles. The van der Waals surface area contributed by atoms with E-state index in [9.17, 15) is 4.39 Å². The molecule has 0 radical (unpaired) electrons. The summed E-state index contributed by atoms with van der Waals surface area (Å²) in [6.07, 6.45) is 3.48. The molecule has 20 heavy (non-hydrogen) atoms. The van der Waals surface area contributed by atoms with Gasteiger partial charge in [-0.1, -0.05) is 17.8 Å². The van der Waals surface area contributed by atoms with Gasteiger partial charge in [0.25, 0.3) is 0 Å². The van der Waals surface area contributed by atoms with E-state index in [4.69, 9.17) is 5.73 Å². The standard InChI is InChI=1S/C13H12FN5S/c14-10-6-8(15)4-5-9(10)12-18-19-11(7-2-1-3-7)16-17-13(19)20-12/h4-7H,1-3,15H2. The molecule has 102 valence electrons. The molecule has 2 N–H and O–H groups in total. The van der Waals surface area contributed by atoms with Crippen LogP contribution in [0.1, 0.15) is 31.0 Å². The molecule has 0 atom stereocenters. The van der Waals surface area contributed by atoms with Crippen LogP contribution in [0, 0.1) is 5.82 Å². The Kier molecular flexibility index (Phi) is 2.50. The molecule has 0 spiro atoms. The number of nitrogen functional groups attached to an aromatic ring is 1. The Morgan fingerprint density at radius 3 is 2.85 bits per heavy atom. The third-order valence-electron chi connectivity index (χ3n) is 3.71. The van der Waals surface area contributed by atoms with Crippen LogP contribution in [-0.4, -0.2) is 19.8 Å². The fourth-order valence-electron chi connectivity index (χ4n) is 2.37. The van der Waals surface area contributed by atoms with Gasteiger partial charge in [-0.15, -0.1) is 10.2 Å². The summed E-state index contributed by atoms with van der Waals surface area (Å²) in [6.45, 7) is 0. The van der Waals surface area contributed by atoms with Crippen LogP contribution in [0.25, 0.3) is 15.5 Å². The Bertz CT molecular complexity index is 789. The summed E-state index contributed by atoms with van der Waals surface area (Å²) in [7, 11) is 0.